The van der Waals surface area contributed by atoms with Crippen LogP contribution in [-0.4, -0.2) is 16.7 Å². The lowest BCUT2D eigenvalue weighted by molar-refractivity contribution is 0.289. The van der Waals surface area contributed by atoms with E-state index >= 15 is 0 Å². The van der Waals surface area contributed by atoms with E-state index in [-0.39, 0.29) is 6.61 Å². The summed E-state index contributed by atoms with van der Waals surface area (Å²) in [5, 5.41) is 11.2. The molecule has 0 amide bonds. The number of hydrogen-bond acceptors (Lipinski definition) is 2. The minimum atomic E-state index is 0.251. The Morgan fingerprint density at radius 3 is 3.00 bits per heavy atom. The number of nitrogens with zero attached hydrogens (tertiary/aromatic N) is 1. The largest absolute Gasteiger partial charge is 0.396 e. The number of aryl methyl sites for hydroxylation is 1. The zero-order valence-corrected chi connectivity index (χ0v) is 7.98. The fraction of sp³-hybridized carbons (Fsp3) is 0.250. The summed E-state index contributed by atoms with van der Waals surface area (Å²) >= 11 is 0. The molecule has 1 heterocycles. The first-order valence-electron chi connectivity index (χ1n) is 4.84. The molecule has 14 heavy (non-hydrogen) atoms. The van der Waals surface area contributed by atoms with Gasteiger partial charge in [-0.1, -0.05) is 18.2 Å². The lowest BCUT2D eigenvalue weighted by Crippen LogP contribution is -1.90. The first-order chi connectivity index (χ1) is 6.92. The predicted octanol–water partition coefficient (Wildman–Crippen LogP) is 2.16. The van der Waals surface area contributed by atoms with E-state index < -0.39 is 0 Å². The van der Waals surface area contributed by atoms with Crippen molar-refractivity contribution < 1.29 is 5.11 Å². The van der Waals surface area contributed by atoms with Crippen LogP contribution in [0.1, 0.15) is 12.0 Å². The molecular formula is C12H13NO. The maximum atomic E-state index is 8.79. The van der Waals surface area contributed by atoms with Gasteiger partial charge in [0.05, 0.1) is 0 Å². The lowest BCUT2D eigenvalue weighted by Gasteiger charge is -2.04. The number of rotatable bonds is 3. The van der Waals surface area contributed by atoms with Gasteiger partial charge in [-0.05, 0) is 29.9 Å². The highest BCUT2D eigenvalue weighted by Gasteiger charge is 1.99. The molecule has 0 atom stereocenters. The zero-order valence-electron chi connectivity index (χ0n) is 7.98. The number of fused-ring (bicyclic) bond motifs is 1. The lowest BCUT2D eigenvalue weighted by atomic mass is 10.0. The van der Waals surface area contributed by atoms with Crippen LogP contribution < -0.4 is 0 Å². The van der Waals surface area contributed by atoms with Crippen molar-refractivity contribution in [3.05, 3.63) is 42.2 Å². The average Bonchev–Trinajstić information content (AvgIpc) is 2.26. The second kappa shape index (κ2) is 4.20. The normalized spacial score (nSPS) is 10.6. The molecule has 72 valence electrons. The molecule has 0 unspecified atom stereocenters. The summed E-state index contributed by atoms with van der Waals surface area (Å²) in [5.74, 6) is 0. The van der Waals surface area contributed by atoms with Crippen LogP contribution in [0.4, 0.5) is 0 Å². The summed E-state index contributed by atoms with van der Waals surface area (Å²) in [6.07, 6.45) is 5.43. The highest BCUT2D eigenvalue weighted by Crippen LogP contribution is 2.18. The topological polar surface area (TPSA) is 33.1 Å². The van der Waals surface area contributed by atoms with Crippen molar-refractivity contribution in [2.45, 2.75) is 12.8 Å². The van der Waals surface area contributed by atoms with Gasteiger partial charge in [0.25, 0.3) is 0 Å². The Morgan fingerprint density at radius 2 is 2.14 bits per heavy atom. The summed E-state index contributed by atoms with van der Waals surface area (Å²) in [5.41, 5.74) is 1.29. The van der Waals surface area contributed by atoms with E-state index in [4.69, 9.17) is 5.11 Å². The van der Waals surface area contributed by atoms with Crippen LogP contribution >= 0.6 is 0 Å². The third-order valence-electron chi connectivity index (χ3n) is 2.38. The molecule has 0 saturated carbocycles. The Kier molecular flexibility index (Phi) is 2.75. The van der Waals surface area contributed by atoms with Crippen molar-refractivity contribution in [2.75, 3.05) is 6.61 Å². The Morgan fingerprint density at radius 1 is 1.21 bits per heavy atom. The molecule has 0 bridgehead atoms. The third kappa shape index (κ3) is 1.75. The van der Waals surface area contributed by atoms with Crippen LogP contribution in [0.15, 0.2) is 36.7 Å². The molecule has 1 N–H and O–H groups in total. The van der Waals surface area contributed by atoms with E-state index in [9.17, 15) is 0 Å². The molecular weight excluding hydrogens is 174 g/mol. The first-order valence-corrected chi connectivity index (χ1v) is 4.84. The van der Waals surface area contributed by atoms with Gasteiger partial charge < -0.3 is 5.11 Å². The highest BCUT2D eigenvalue weighted by atomic mass is 16.2. The van der Waals surface area contributed by atoms with Gasteiger partial charge in [0.2, 0.25) is 0 Å². The quantitative estimate of drug-likeness (QED) is 0.798. The summed E-state index contributed by atoms with van der Waals surface area (Å²) in [6.45, 7) is 0.251. The molecule has 0 aliphatic rings. The van der Waals surface area contributed by atoms with Gasteiger partial charge in [-0.25, -0.2) is 0 Å². The smallest absolute Gasteiger partial charge is 0.0434 e. The second-order valence-electron chi connectivity index (χ2n) is 3.34. The zero-order chi connectivity index (χ0) is 9.80. The van der Waals surface area contributed by atoms with Gasteiger partial charge in [-0.3, -0.25) is 4.98 Å². The summed E-state index contributed by atoms with van der Waals surface area (Å²) in [4.78, 5) is 4.08. The fourth-order valence-corrected chi connectivity index (χ4v) is 1.68. The standard InChI is InChI=1S/C12H13NO/c14-8-2-5-10-3-1-4-11-9-13-7-6-12(10)11/h1,3-4,6-7,9,14H,2,5,8H2. The van der Waals surface area contributed by atoms with Gasteiger partial charge in [-0.15, -0.1) is 0 Å². The number of hydrogen-bond donors (Lipinski definition) is 1. The second-order valence-corrected chi connectivity index (χ2v) is 3.34. The molecule has 0 spiro atoms. The van der Waals surface area contributed by atoms with E-state index in [1.165, 1.54) is 16.3 Å². The molecule has 2 nitrogen and oxygen atoms in total. The Balaban J connectivity index is 2.43. The van der Waals surface area contributed by atoms with Gasteiger partial charge in [0.15, 0.2) is 0 Å². The summed E-state index contributed by atoms with van der Waals surface area (Å²) in [7, 11) is 0. The summed E-state index contributed by atoms with van der Waals surface area (Å²) < 4.78 is 0. The Labute approximate surface area is 83.2 Å². The van der Waals surface area contributed by atoms with Crippen molar-refractivity contribution in [2.24, 2.45) is 0 Å². The van der Waals surface area contributed by atoms with Crippen LogP contribution in [0.5, 0.6) is 0 Å². The van der Waals surface area contributed by atoms with Crippen molar-refractivity contribution in [1.29, 1.82) is 0 Å². The Bertz CT molecular complexity index is 420. The molecule has 2 rings (SSSR count). The number of benzene rings is 1. The van der Waals surface area contributed by atoms with E-state index in [0.717, 1.165) is 12.8 Å². The molecule has 0 aliphatic heterocycles. The van der Waals surface area contributed by atoms with E-state index in [1.54, 1.807) is 0 Å². The Hall–Kier alpha value is -1.41. The van der Waals surface area contributed by atoms with Gasteiger partial charge in [-0.2, -0.15) is 0 Å². The molecule has 2 aromatic rings. The molecule has 0 radical (unpaired) electrons. The molecule has 1 aromatic carbocycles. The predicted molar refractivity (Wildman–Crippen MR) is 57.1 cm³/mol. The van der Waals surface area contributed by atoms with Crippen molar-refractivity contribution in [1.82, 2.24) is 4.98 Å². The molecule has 0 fully saturated rings. The van der Waals surface area contributed by atoms with Gasteiger partial charge in [0, 0.05) is 24.4 Å². The number of pyridine rings is 1. The monoisotopic (exact) mass is 187 g/mol. The fourth-order valence-electron chi connectivity index (χ4n) is 1.68. The number of aromatic nitrogens is 1. The van der Waals surface area contributed by atoms with E-state index in [1.807, 2.05) is 24.5 Å². The number of aliphatic hydroxyl groups is 1. The number of aliphatic hydroxyl groups excluding tert-OH is 1. The molecule has 0 saturated heterocycles. The third-order valence-corrected chi connectivity index (χ3v) is 2.38. The van der Waals surface area contributed by atoms with E-state index in [0.29, 0.717) is 0 Å². The van der Waals surface area contributed by atoms with Gasteiger partial charge >= 0.3 is 0 Å². The van der Waals surface area contributed by atoms with Gasteiger partial charge in [0.1, 0.15) is 0 Å². The average molecular weight is 187 g/mol. The maximum absolute atomic E-state index is 8.79. The van der Waals surface area contributed by atoms with Crippen LogP contribution in [0, 0.1) is 0 Å². The minimum Gasteiger partial charge on any atom is -0.396 e. The van der Waals surface area contributed by atoms with Crippen LogP contribution in [-0.2, 0) is 6.42 Å². The molecule has 0 aliphatic carbocycles. The SMILES string of the molecule is OCCCc1cccc2cnccc12. The summed E-state index contributed by atoms with van der Waals surface area (Å²) in [6, 6.07) is 8.24. The molecule has 1 aromatic heterocycles. The van der Waals surface area contributed by atoms with Crippen LogP contribution in [0.3, 0.4) is 0 Å². The van der Waals surface area contributed by atoms with Crippen LogP contribution in [0.2, 0.25) is 0 Å². The first kappa shape index (κ1) is 9.16. The van der Waals surface area contributed by atoms with E-state index in [2.05, 4.69) is 17.1 Å². The highest BCUT2D eigenvalue weighted by molar-refractivity contribution is 5.84. The van der Waals surface area contributed by atoms with Crippen molar-refractivity contribution in [3.8, 4) is 0 Å². The van der Waals surface area contributed by atoms with Crippen LogP contribution in [0.25, 0.3) is 10.8 Å². The molecule has 2 heteroatoms. The maximum Gasteiger partial charge on any atom is 0.0434 e. The van der Waals surface area contributed by atoms with Crippen molar-refractivity contribution in [3.63, 3.8) is 0 Å². The van der Waals surface area contributed by atoms with Crippen molar-refractivity contribution >= 4 is 10.8 Å². The minimum absolute atomic E-state index is 0.251.